The third kappa shape index (κ3) is 2.66. The normalized spacial score (nSPS) is 17.6. The molecule has 0 saturated heterocycles. The molecule has 0 amide bonds. The Bertz CT molecular complexity index is 1440. The van der Waals surface area contributed by atoms with Gasteiger partial charge >= 0.3 is 5.97 Å². The van der Waals surface area contributed by atoms with Crippen molar-refractivity contribution in [3.05, 3.63) is 79.8 Å². The number of carbonyl (C=O) groups is 3. The maximum absolute atomic E-state index is 13.0. The van der Waals surface area contributed by atoms with Gasteiger partial charge in [-0.25, -0.2) is 4.79 Å². The zero-order chi connectivity index (χ0) is 23.8. The summed E-state index contributed by atoms with van der Waals surface area (Å²) >= 11 is 12.6. The third-order valence-electron chi connectivity index (χ3n) is 5.84. The number of ether oxygens (including phenoxy) is 2. The number of hydrogen-bond acceptors (Lipinski definition) is 7. The molecule has 0 aromatic heterocycles. The molecule has 3 aromatic carbocycles. The highest BCUT2D eigenvalue weighted by Gasteiger charge is 2.56. The molecule has 2 heterocycles. The van der Waals surface area contributed by atoms with Crippen molar-refractivity contribution >= 4 is 40.7 Å². The van der Waals surface area contributed by atoms with Crippen molar-refractivity contribution in [1.82, 2.24) is 0 Å². The van der Waals surface area contributed by atoms with Gasteiger partial charge in [0.15, 0.2) is 22.9 Å². The Kier molecular flexibility index (Phi) is 4.50. The summed E-state index contributed by atoms with van der Waals surface area (Å²) in [6, 6.07) is 9.10. The average molecular weight is 485 g/mol. The third-order valence-corrected chi connectivity index (χ3v) is 6.51. The highest BCUT2D eigenvalue weighted by Crippen LogP contribution is 2.61. The lowest BCUT2D eigenvalue weighted by atomic mass is 9.74. The SMILES string of the molecule is CC(=O)c1c(O)c(Cl)c(C(C)=O)c2c1Oc1cc(O)c(Cl)cc1C21OC(=O)c2ccccc21. The summed E-state index contributed by atoms with van der Waals surface area (Å²) in [5, 5.41) is 20.5. The van der Waals surface area contributed by atoms with Crippen LogP contribution in [-0.2, 0) is 10.3 Å². The van der Waals surface area contributed by atoms with E-state index in [1.807, 2.05) is 0 Å². The van der Waals surface area contributed by atoms with Gasteiger partial charge in [0.2, 0.25) is 0 Å². The van der Waals surface area contributed by atoms with Crippen LogP contribution in [0.1, 0.15) is 61.6 Å². The van der Waals surface area contributed by atoms with Crippen molar-refractivity contribution in [2.45, 2.75) is 19.4 Å². The Balaban J connectivity index is 2.06. The van der Waals surface area contributed by atoms with Crippen molar-refractivity contribution in [2.24, 2.45) is 0 Å². The van der Waals surface area contributed by atoms with Crippen LogP contribution in [0, 0.1) is 0 Å². The van der Waals surface area contributed by atoms with Crippen LogP contribution in [0.25, 0.3) is 0 Å². The summed E-state index contributed by atoms with van der Waals surface area (Å²) in [4.78, 5) is 38.3. The molecule has 1 spiro atoms. The number of hydrogen-bond donors (Lipinski definition) is 2. The molecule has 5 rings (SSSR count). The van der Waals surface area contributed by atoms with E-state index < -0.39 is 28.9 Å². The molecule has 2 aliphatic rings. The Labute approximate surface area is 197 Å². The van der Waals surface area contributed by atoms with Gasteiger partial charge in [-0.15, -0.1) is 0 Å². The lowest BCUT2D eigenvalue weighted by Gasteiger charge is -2.38. The predicted octanol–water partition coefficient (Wildman–Crippen LogP) is 5.38. The van der Waals surface area contributed by atoms with Crippen molar-refractivity contribution < 1.29 is 34.1 Å². The number of rotatable bonds is 2. The standard InChI is InChI=1S/C24H14Cl2O7/c1-9(27)17-19-22(18(10(2)28)21(30)20(17)26)32-16-8-15(29)14(25)7-13(16)24(19)12-6-4-3-5-11(12)23(31)33-24/h3-8,29-30H,1-2H3. The molecule has 2 N–H and O–H groups in total. The van der Waals surface area contributed by atoms with Gasteiger partial charge in [0.1, 0.15) is 22.8 Å². The van der Waals surface area contributed by atoms with Crippen LogP contribution in [0.5, 0.6) is 23.0 Å². The number of benzene rings is 3. The number of esters is 1. The van der Waals surface area contributed by atoms with E-state index in [1.54, 1.807) is 24.3 Å². The molecular formula is C24H14Cl2O7. The second-order valence-electron chi connectivity index (χ2n) is 7.75. The van der Waals surface area contributed by atoms with E-state index in [2.05, 4.69) is 0 Å². The van der Waals surface area contributed by atoms with Crippen molar-refractivity contribution in [2.75, 3.05) is 0 Å². The number of Topliss-reactive ketones (excluding diaryl/α,β-unsaturated/α-hetero) is 2. The second kappa shape index (κ2) is 6.97. The highest BCUT2D eigenvalue weighted by atomic mass is 35.5. The molecule has 0 aliphatic carbocycles. The molecule has 2 aliphatic heterocycles. The molecule has 7 nitrogen and oxygen atoms in total. The summed E-state index contributed by atoms with van der Waals surface area (Å²) in [6.07, 6.45) is 0. The number of carbonyl (C=O) groups excluding carboxylic acids is 3. The molecule has 3 aromatic rings. The molecule has 1 atom stereocenters. The quantitative estimate of drug-likeness (QED) is 0.371. The van der Waals surface area contributed by atoms with Gasteiger partial charge < -0.3 is 19.7 Å². The van der Waals surface area contributed by atoms with Crippen LogP contribution in [0.4, 0.5) is 0 Å². The fourth-order valence-electron chi connectivity index (χ4n) is 4.53. The van der Waals surface area contributed by atoms with E-state index in [0.29, 0.717) is 5.56 Å². The molecule has 1 unspecified atom stereocenters. The predicted molar refractivity (Wildman–Crippen MR) is 118 cm³/mol. The summed E-state index contributed by atoms with van der Waals surface area (Å²) in [7, 11) is 0. The summed E-state index contributed by atoms with van der Waals surface area (Å²) in [6.45, 7) is 2.42. The van der Waals surface area contributed by atoms with Crippen LogP contribution in [0.15, 0.2) is 36.4 Å². The summed E-state index contributed by atoms with van der Waals surface area (Å²) in [5.74, 6) is -2.98. The Morgan fingerprint density at radius 1 is 0.970 bits per heavy atom. The molecular weight excluding hydrogens is 471 g/mol. The van der Waals surface area contributed by atoms with Crippen LogP contribution in [0.3, 0.4) is 0 Å². The summed E-state index contributed by atoms with van der Waals surface area (Å²) < 4.78 is 11.9. The van der Waals surface area contributed by atoms with E-state index in [4.69, 9.17) is 32.7 Å². The first-order valence-corrected chi connectivity index (χ1v) is 10.5. The van der Waals surface area contributed by atoms with E-state index in [0.717, 1.165) is 0 Å². The van der Waals surface area contributed by atoms with Gasteiger partial charge in [-0.05, 0) is 26.0 Å². The van der Waals surface area contributed by atoms with Crippen LogP contribution < -0.4 is 4.74 Å². The maximum atomic E-state index is 13.0. The first kappa shape index (κ1) is 21.3. The average Bonchev–Trinajstić information content (AvgIpc) is 3.04. The molecule has 0 bridgehead atoms. The smallest absolute Gasteiger partial charge is 0.340 e. The number of aromatic hydroxyl groups is 2. The number of halogens is 2. The van der Waals surface area contributed by atoms with E-state index in [-0.39, 0.29) is 55.1 Å². The van der Waals surface area contributed by atoms with Gasteiger partial charge in [-0.3, -0.25) is 9.59 Å². The van der Waals surface area contributed by atoms with E-state index in [1.165, 1.54) is 26.0 Å². The molecule has 33 heavy (non-hydrogen) atoms. The topological polar surface area (TPSA) is 110 Å². The van der Waals surface area contributed by atoms with Crippen molar-refractivity contribution in [3.63, 3.8) is 0 Å². The minimum Gasteiger partial charge on any atom is -0.506 e. The monoisotopic (exact) mass is 484 g/mol. The fraction of sp³-hybridized carbons (Fsp3) is 0.125. The van der Waals surface area contributed by atoms with Gasteiger partial charge in [0.25, 0.3) is 0 Å². The lowest BCUT2D eigenvalue weighted by Crippen LogP contribution is -2.35. The van der Waals surface area contributed by atoms with Gasteiger partial charge in [-0.2, -0.15) is 0 Å². The second-order valence-corrected chi connectivity index (χ2v) is 8.53. The van der Waals surface area contributed by atoms with Crippen molar-refractivity contribution in [3.8, 4) is 23.0 Å². The number of ketones is 2. The van der Waals surface area contributed by atoms with Crippen LogP contribution >= 0.6 is 23.2 Å². The van der Waals surface area contributed by atoms with Gasteiger partial charge in [0, 0.05) is 17.2 Å². The molecule has 9 heteroatoms. The summed E-state index contributed by atoms with van der Waals surface area (Å²) in [5.41, 5.74) is -1.44. The Morgan fingerprint density at radius 2 is 1.64 bits per heavy atom. The van der Waals surface area contributed by atoms with Gasteiger partial charge in [-0.1, -0.05) is 41.4 Å². The number of phenols is 2. The Morgan fingerprint density at radius 3 is 2.30 bits per heavy atom. The lowest BCUT2D eigenvalue weighted by molar-refractivity contribution is 0.0220. The first-order valence-electron chi connectivity index (χ1n) is 9.74. The largest absolute Gasteiger partial charge is 0.506 e. The Hall–Kier alpha value is -3.55. The fourth-order valence-corrected chi connectivity index (χ4v) is 5.01. The molecule has 0 fully saturated rings. The highest BCUT2D eigenvalue weighted by molar-refractivity contribution is 6.36. The van der Waals surface area contributed by atoms with Crippen molar-refractivity contribution in [1.29, 1.82) is 0 Å². The number of fused-ring (bicyclic) bond motifs is 6. The molecule has 0 saturated carbocycles. The van der Waals surface area contributed by atoms with E-state index >= 15 is 0 Å². The number of phenolic OH excluding ortho intramolecular Hbond substituents is 2. The molecule has 166 valence electrons. The minimum atomic E-state index is -1.78. The van der Waals surface area contributed by atoms with E-state index in [9.17, 15) is 24.6 Å². The first-order chi connectivity index (χ1) is 15.6. The minimum absolute atomic E-state index is 0.00411. The maximum Gasteiger partial charge on any atom is 0.340 e. The zero-order valence-electron chi connectivity index (χ0n) is 17.2. The molecule has 0 radical (unpaired) electrons. The van der Waals surface area contributed by atoms with Crippen LogP contribution in [0.2, 0.25) is 10.0 Å². The van der Waals surface area contributed by atoms with Gasteiger partial charge in [0.05, 0.1) is 26.7 Å². The zero-order valence-corrected chi connectivity index (χ0v) is 18.7. The van der Waals surface area contributed by atoms with Crippen LogP contribution in [-0.4, -0.2) is 27.7 Å².